The number of amides is 1. The van der Waals surface area contributed by atoms with Gasteiger partial charge < -0.3 is 4.90 Å². The molecule has 22 heavy (non-hydrogen) atoms. The van der Waals surface area contributed by atoms with Crippen LogP contribution < -0.4 is 0 Å². The van der Waals surface area contributed by atoms with Crippen molar-refractivity contribution in [2.75, 3.05) is 0 Å². The SMILES string of the molecule is O=C(c1ccccc1)N1C2C=C3N=NC(Cl)C=C3C1CCC2. The van der Waals surface area contributed by atoms with E-state index in [1.165, 1.54) is 0 Å². The van der Waals surface area contributed by atoms with Crippen molar-refractivity contribution in [2.45, 2.75) is 36.8 Å². The highest BCUT2D eigenvalue weighted by atomic mass is 35.5. The summed E-state index contributed by atoms with van der Waals surface area (Å²) in [6.07, 6.45) is 7.04. The molecule has 0 saturated carbocycles. The molecule has 3 heterocycles. The normalized spacial score (nSPS) is 29.5. The molecule has 0 aliphatic carbocycles. The summed E-state index contributed by atoms with van der Waals surface area (Å²) in [5.41, 5.74) is 2.25. The number of nitrogens with zero attached hydrogens (tertiary/aromatic N) is 3. The van der Waals surface area contributed by atoms with Crippen molar-refractivity contribution in [2.24, 2.45) is 10.2 Å². The molecule has 3 atom stereocenters. The zero-order valence-corrected chi connectivity index (χ0v) is 12.8. The third-order valence-corrected chi connectivity index (χ3v) is 4.74. The summed E-state index contributed by atoms with van der Waals surface area (Å²) in [7, 11) is 0. The first-order chi connectivity index (χ1) is 10.7. The molecule has 5 heteroatoms. The molecule has 3 unspecified atom stereocenters. The number of carbonyl (C=O) groups excluding carboxylic acids is 1. The molecule has 2 bridgehead atoms. The Morgan fingerprint density at radius 2 is 2.00 bits per heavy atom. The van der Waals surface area contributed by atoms with E-state index in [2.05, 4.69) is 16.3 Å². The second-order valence-corrected chi connectivity index (χ2v) is 6.30. The highest BCUT2D eigenvalue weighted by Gasteiger charge is 2.41. The van der Waals surface area contributed by atoms with Gasteiger partial charge in [-0.25, -0.2) is 0 Å². The second-order valence-electron chi connectivity index (χ2n) is 5.85. The van der Waals surface area contributed by atoms with E-state index < -0.39 is 5.50 Å². The van der Waals surface area contributed by atoms with Crippen molar-refractivity contribution >= 4 is 17.5 Å². The van der Waals surface area contributed by atoms with Crippen LogP contribution in [0.1, 0.15) is 29.6 Å². The average molecular weight is 314 g/mol. The standard InChI is InChI=1S/C17H16ClN3O/c18-16-10-13-14(19-20-16)9-12-7-4-8-15(13)21(12)17(22)11-5-2-1-3-6-11/h1-3,5-6,9-10,12,15-16H,4,7-8H2. The average Bonchev–Trinajstić information content (AvgIpc) is 2.55. The van der Waals surface area contributed by atoms with Gasteiger partial charge in [0.05, 0.1) is 17.8 Å². The molecule has 1 aromatic carbocycles. The second kappa shape index (κ2) is 5.36. The van der Waals surface area contributed by atoms with Crippen LogP contribution >= 0.6 is 11.6 Å². The zero-order chi connectivity index (χ0) is 15.1. The summed E-state index contributed by atoms with van der Waals surface area (Å²) in [5, 5.41) is 8.24. The number of carbonyl (C=O) groups is 1. The number of hydrogen-bond donors (Lipinski definition) is 0. The number of piperidine rings is 1. The van der Waals surface area contributed by atoms with E-state index in [0.29, 0.717) is 0 Å². The van der Waals surface area contributed by atoms with Gasteiger partial charge in [-0.15, -0.1) is 0 Å². The summed E-state index contributed by atoms with van der Waals surface area (Å²) in [4.78, 5) is 15.0. The number of hydrogen-bond acceptors (Lipinski definition) is 3. The molecule has 1 saturated heterocycles. The molecule has 1 fully saturated rings. The molecule has 4 nitrogen and oxygen atoms in total. The van der Waals surface area contributed by atoms with Gasteiger partial charge in [0.15, 0.2) is 5.50 Å². The number of azo groups is 1. The Bertz CT molecular complexity index is 695. The van der Waals surface area contributed by atoms with Crippen LogP contribution in [0.5, 0.6) is 0 Å². The van der Waals surface area contributed by atoms with Crippen molar-refractivity contribution in [1.82, 2.24) is 4.90 Å². The summed E-state index contributed by atoms with van der Waals surface area (Å²) < 4.78 is 0. The van der Waals surface area contributed by atoms with Gasteiger partial charge >= 0.3 is 0 Å². The molecular weight excluding hydrogens is 298 g/mol. The molecule has 3 aliphatic rings. The van der Waals surface area contributed by atoms with Gasteiger partial charge in [-0.2, -0.15) is 10.2 Å². The van der Waals surface area contributed by atoms with Gasteiger partial charge in [-0.05, 0) is 43.5 Å². The number of fused-ring (bicyclic) bond motifs is 4. The highest BCUT2D eigenvalue weighted by Crippen LogP contribution is 2.40. The van der Waals surface area contributed by atoms with Crippen LogP contribution in [0, 0.1) is 0 Å². The predicted octanol–water partition coefficient (Wildman–Crippen LogP) is 3.90. The molecule has 3 aliphatic heterocycles. The van der Waals surface area contributed by atoms with E-state index in [0.717, 1.165) is 36.1 Å². The van der Waals surface area contributed by atoms with E-state index >= 15 is 0 Å². The largest absolute Gasteiger partial charge is 0.325 e. The Hall–Kier alpha value is -1.94. The first-order valence-corrected chi connectivity index (χ1v) is 8.04. The quantitative estimate of drug-likeness (QED) is 0.573. The molecule has 112 valence electrons. The third kappa shape index (κ3) is 2.18. The Kier molecular flexibility index (Phi) is 3.34. The molecule has 0 radical (unpaired) electrons. The summed E-state index contributed by atoms with van der Waals surface area (Å²) in [6, 6.07) is 9.63. The number of benzene rings is 1. The summed E-state index contributed by atoms with van der Waals surface area (Å²) >= 11 is 6.09. The van der Waals surface area contributed by atoms with Crippen LogP contribution in [0.2, 0.25) is 0 Å². The van der Waals surface area contributed by atoms with Crippen LogP contribution in [0.15, 0.2) is 64.0 Å². The van der Waals surface area contributed by atoms with E-state index in [4.69, 9.17) is 11.6 Å². The molecular formula is C17H16ClN3O. The molecule has 0 spiro atoms. The topological polar surface area (TPSA) is 45.0 Å². The smallest absolute Gasteiger partial charge is 0.254 e. The molecule has 0 aromatic heterocycles. The van der Waals surface area contributed by atoms with Gasteiger partial charge in [-0.3, -0.25) is 4.79 Å². The van der Waals surface area contributed by atoms with Crippen molar-refractivity contribution in [1.29, 1.82) is 0 Å². The first-order valence-electron chi connectivity index (χ1n) is 7.60. The zero-order valence-electron chi connectivity index (χ0n) is 12.0. The van der Waals surface area contributed by atoms with Crippen LogP contribution in [-0.2, 0) is 0 Å². The van der Waals surface area contributed by atoms with Crippen LogP contribution in [-0.4, -0.2) is 28.4 Å². The lowest BCUT2D eigenvalue weighted by Crippen LogP contribution is -2.53. The number of alkyl halides is 1. The highest BCUT2D eigenvalue weighted by molar-refractivity contribution is 6.21. The lowest BCUT2D eigenvalue weighted by molar-refractivity contribution is 0.0556. The maximum Gasteiger partial charge on any atom is 0.254 e. The molecule has 1 amide bonds. The maximum atomic E-state index is 13.0. The summed E-state index contributed by atoms with van der Waals surface area (Å²) in [5.74, 6) is 0.0835. The minimum absolute atomic E-state index is 0.0620. The van der Waals surface area contributed by atoms with Gasteiger partial charge in [-0.1, -0.05) is 29.8 Å². The fourth-order valence-corrected chi connectivity index (χ4v) is 3.74. The van der Waals surface area contributed by atoms with Gasteiger partial charge in [0.1, 0.15) is 0 Å². The van der Waals surface area contributed by atoms with Gasteiger partial charge in [0, 0.05) is 11.1 Å². The van der Waals surface area contributed by atoms with Gasteiger partial charge in [0.2, 0.25) is 0 Å². The maximum absolute atomic E-state index is 13.0. The van der Waals surface area contributed by atoms with Crippen LogP contribution in [0.3, 0.4) is 0 Å². The van der Waals surface area contributed by atoms with Crippen LogP contribution in [0.4, 0.5) is 0 Å². The van der Waals surface area contributed by atoms with Gasteiger partial charge in [0.25, 0.3) is 5.91 Å². The van der Waals surface area contributed by atoms with Crippen molar-refractivity contribution < 1.29 is 4.79 Å². The molecule has 0 N–H and O–H groups in total. The van der Waals surface area contributed by atoms with Crippen molar-refractivity contribution in [3.8, 4) is 0 Å². The Balaban J connectivity index is 1.75. The minimum atomic E-state index is -0.431. The van der Waals surface area contributed by atoms with E-state index in [1.54, 1.807) is 0 Å². The van der Waals surface area contributed by atoms with E-state index in [1.807, 2.05) is 41.3 Å². The monoisotopic (exact) mass is 313 g/mol. The third-order valence-electron chi connectivity index (χ3n) is 4.52. The van der Waals surface area contributed by atoms with Crippen LogP contribution in [0.25, 0.3) is 0 Å². The number of rotatable bonds is 1. The van der Waals surface area contributed by atoms with Crippen molar-refractivity contribution in [3.63, 3.8) is 0 Å². The Morgan fingerprint density at radius 3 is 2.82 bits per heavy atom. The van der Waals surface area contributed by atoms with E-state index in [9.17, 15) is 4.79 Å². The molecule has 1 aromatic rings. The van der Waals surface area contributed by atoms with E-state index in [-0.39, 0.29) is 18.0 Å². The summed E-state index contributed by atoms with van der Waals surface area (Å²) in [6.45, 7) is 0. The lowest BCUT2D eigenvalue weighted by atomic mass is 9.83. The van der Waals surface area contributed by atoms with Crippen molar-refractivity contribution in [3.05, 3.63) is 59.3 Å². The minimum Gasteiger partial charge on any atom is -0.325 e. The fraction of sp³-hybridized carbons (Fsp3) is 0.353. The Labute approximate surface area is 134 Å². The number of halogens is 1. The fourth-order valence-electron chi connectivity index (χ4n) is 3.56. The Morgan fingerprint density at radius 1 is 1.18 bits per heavy atom. The molecule has 4 rings (SSSR count). The first kappa shape index (κ1) is 13.7. The predicted molar refractivity (Wildman–Crippen MR) is 84.7 cm³/mol. The lowest BCUT2D eigenvalue weighted by Gasteiger charge is -2.46.